The summed E-state index contributed by atoms with van der Waals surface area (Å²) in [5.74, 6) is -0.0246. The Morgan fingerprint density at radius 2 is 1.56 bits per heavy atom. The van der Waals surface area contributed by atoms with Crippen LogP contribution < -0.4 is 16.4 Å². The number of amides is 2. The number of hydrogen-bond acceptors (Lipinski definition) is 3. The largest absolute Gasteiger partial charge is 0.354 e. The highest BCUT2D eigenvalue weighted by Crippen LogP contribution is 2.25. The van der Waals surface area contributed by atoms with Gasteiger partial charge < -0.3 is 16.4 Å². The molecule has 2 amide bonds. The number of rotatable bonds is 9. The smallest absolute Gasteiger partial charge is 0.221 e. The maximum absolute atomic E-state index is 11.5. The third-order valence-electron chi connectivity index (χ3n) is 3.13. The molecule has 0 aliphatic carbocycles. The zero-order chi connectivity index (χ0) is 14.0. The van der Waals surface area contributed by atoms with Gasteiger partial charge in [0.25, 0.3) is 0 Å². The van der Waals surface area contributed by atoms with E-state index < -0.39 is 0 Å². The first-order valence-corrected chi connectivity index (χ1v) is 6.64. The molecule has 0 saturated heterocycles. The van der Waals surface area contributed by atoms with E-state index in [-0.39, 0.29) is 17.2 Å². The summed E-state index contributed by atoms with van der Waals surface area (Å²) in [6.45, 7) is 7.74. The maximum atomic E-state index is 11.5. The second-order valence-corrected chi connectivity index (χ2v) is 5.26. The number of nitrogens with two attached hydrogens (primary N) is 1. The maximum Gasteiger partial charge on any atom is 0.221 e. The Bertz CT molecular complexity index is 265. The van der Waals surface area contributed by atoms with Crippen LogP contribution in [0.25, 0.3) is 0 Å². The Hall–Kier alpha value is -1.10. The Balaban J connectivity index is 3.57. The van der Waals surface area contributed by atoms with E-state index in [1.165, 1.54) is 0 Å². The molecule has 18 heavy (non-hydrogen) atoms. The lowest BCUT2D eigenvalue weighted by Crippen LogP contribution is -2.35. The van der Waals surface area contributed by atoms with Gasteiger partial charge in [0.15, 0.2) is 0 Å². The minimum atomic E-state index is -0.0705. The third kappa shape index (κ3) is 8.98. The highest BCUT2D eigenvalue weighted by atomic mass is 16.2. The SMILES string of the molecule is CCC(C)(C)CCC(=O)NCCNC(=O)CCN. The summed E-state index contributed by atoms with van der Waals surface area (Å²) in [6.07, 6.45) is 2.82. The molecular weight excluding hydrogens is 230 g/mol. The number of carbonyl (C=O) groups excluding carboxylic acids is 2. The van der Waals surface area contributed by atoms with Crippen molar-refractivity contribution in [3.63, 3.8) is 0 Å². The lowest BCUT2D eigenvalue weighted by molar-refractivity contribution is -0.123. The van der Waals surface area contributed by atoms with Gasteiger partial charge in [-0.1, -0.05) is 27.2 Å². The Morgan fingerprint density at radius 3 is 2.00 bits per heavy atom. The summed E-state index contributed by atoms with van der Waals surface area (Å²) in [4.78, 5) is 22.6. The van der Waals surface area contributed by atoms with Gasteiger partial charge in [0.05, 0.1) is 0 Å². The zero-order valence-corrected chi connectivity index (χ0v) is 11.8. The molecule has 0 unspecified atom stereocenters. The van der Waals surface area contributed by atoms with Crippen LogP contribution in [0, 0.1) is 5.41 Å². The van der Waals surface area contributed by atoms with Crippen molar-refractivity contribution in [1.29, 1.82) is 0 Å². The van der Waals surface area contributed by atoms with Crippen LogP contribution in [0.1, 0.15) is 46.5 Å². The average Bonchev–Trinajstić information content (AvgIpc) is 2.33. The predicted molar refractivity (Wildman–Crippen MR) is 73.0 cm³/mol. The fraction of sp³-hybridized carbons (Fsp3) is 0.846. The summed E-state index contributed by atoms with van der Waals surface area (Å²) in [6, 6.07) is 0. The Labute approximate surface area is 110 Å². The molecule has 0 saturated carbocycles. The van der Waals surface area contributed by atoms with Crippen LogP contribution in [0.2, 0.25) is 0 Å². The molecule has 0 aliphatic heterocycles. The molecule has 0 radical (unpaired) electrons. The molecule has 4 N–H and O–H groups in total. The fourth-order valence-electron chi connectivity index (χ4n) is 1.34. The van der Waals surface area contributed by atoms with Crippen LogP contribution in [0.15, 0.2) is 0 Å². The van der Waals surface area contributed by atoms with Crippen molar-refractivity contribution >= 4 is 11.8 Å². The van der Waals surface area contributed by atoms with Crippen LogP contribution in [-0.2, 0) is 9.59 Å². The van der Waals surface area contributed by atoms with Gasteiger partial charge in [0.1, 0.15) is 0 Å². The van der Waals surface area contributed by atoms with E-state index >= 15 is 0 Å². The Kier molecular flexibility index (Phi) is 8.37. The molecule has 0 bridgehead atoms. The minimum Gasteiger partial charge on any atom is -0.354 e. The van der Waals surface area contributed by atoms with E-state index in [4.69, 9.17) is 5.73 Å². The summed E-state index contributed by atoms with van der Waals surface area (Å²) < 4.78 is 0. The Morgan fingerprint density at radius 1 is 1.06 bits per heavy atom. The van der Waals surface area contributed by atoms with Crippen molar-refractivity contribution in [1.82, 2.24) is 10.6 Å². The standard InChI is InChI=1S/C13H27N3O2/c1-4-13(2,3)7-5-11(17)15-9-10-16-12(18)6-8-14/h4-10,14H2,1-3H3,(H,15,17)(H,16,18). The van der Waals surface area contributed by atoms with E-state index in [1.807, 2.05) is 0 Å². The van der Waals surface area contributed by atoms with E-state index in [9.17, 15) is 9.59 Å². The van der Waals surface area contributed by atoms with Crippen LogP contribution in [-0.4, -0.2) is 31.4 Å². The van der Waals surface area contributed by atoms with Gasteiger partial charge in [-0.25, -0.2) is 0 Å². The predicted octanol–water partition coefficient (Wildman–Crippen LogP) is 0.784. The molecule has 0 spiro atoms. The van der Waals surface area contributed by atoms with Gasteiger partial charge >= 0.3 is 0 Å². The molecule has 0 aromatic rings. The van der Waals surface area contributed by atoms with Gasteiger partial charge in [0, 0.05) is 32.5 Å². The third-order valence-corrected chi connectivity index (χ3v) is 3.13. The van der Waals surface area contributed by atoms with Gasteiger partial charge in [-0.2, -0.15) is 0 Å². The van der Waals surface area contributed by atoms with E-state index in [2.05, 4.69) is 31.4 Å². The van der Waals surface area contributed by atoms with Gasteiger partial charge in [-0.15, -0.1) is 0 Å². The van der Waals surface area contributed by atoms with Crippen LogP contribution in [0.5, 0.6) is 0 Å². The second kappa shape index (κ2) is 8.91. The van der Waals surface area contributed by atoms with Gasteiger partial charge in [-0.3, -0.25) is 9.59 Å². The first-order chi connectivity index (χ1) is 8.41. The summed E-state index contributed by atoms with van der Waals surface area (Å²) in [7, 11) is 0. The highest BCUT2D eigenvalue weighted by Gasteiger charge is 2.16. The molecular formula is C13H27N3O2. The lowest BCUT2D eigenvalue weighted by atomic mass is 9.85. The molecule has 0 rings (SSSR count). The number of hydrogen-bond donors (Lipinski definition) is 3. The fourth-order valence-corrected chi connectivity index (χ4v) is 1.34. The molecule has 5 nitrogen and oxygen atoms in total. The normalized spacial score (nSPS) is 11.1. The van der Waals surface area contributed by atoms with Gasteiger partial charge in [-0.05, 0) is 11.8 Å². The summed E-state index contributed by atoms with van der Waals surface area (Å²) >= 11 is 0. The van der Waals surface area contributed by atoms with Gasteiger partial charge in [0.2, 0.25) is 11.8 Å². The molecule has 0 atom stereocenters. The molecule has 0 fully saturated rings. The van der Waals surface area contributed by atoms with Crippen molar-refractivity contribution in [2.24, 2.45) is 11.1 Å². The van der Waals surface area contributed by atoms with Crippen LogP contribution >= 0.6 is 0 Å². The molecule has 0 aromatic carbocycles. The number of nitrogens with one attached hydrogen (secondary N) is 2. The van der Waals surface area contributed by atoms with Crippen molar-refractivity contribution in [3.8, 4) is 0 Å². The number of carbonyl (C=O) groups is 2. The topological polar surface area (TPSA) is 84.2 Å². The second-order valence-electron chi connectivity index (χ2n) is 5.26. The van der Waals surface area contributed by atoms with Crippen LogP contribution in [0.4, 0.5) is 0 Å². The molecule has 0 aliphatic rings. The summed E-state index contributed by atoms with van der Waals surface area (Å²) in [5, 5.41) is 5.48. The first kappa shape index (κ1) is 16.9. The van der Waals surface area contributed by atoms with E-state index in [1.54, 1.807) is 0 Å². The quantitative estimate of drug-likeness (QED) is 0.534. The van der Waals surface area contributed by atoms with Crippen molar-refractivity contribution in [2.45, 2.75) is 46.5 Å². The minimum absolute atomic E-state index is 0.0459. The molecule has 5 heteroatoms. The van der Waals surface area contributed by atoms with E-state index in [0.29, 0.717) is 32.5 Å². The van der Waals surface area contributed by atoms with Crippen LogP contribution in [0.3, 0.4) is 0 Å². The van der Waals surface area contributed by atoms with Crippen molar-refractivity contribution in [3.05, 3.63) is 0 Å². The summed E-state index contributed by atoms with van der Waals surface area (Å²) in [5.41, 5.74) is 5.46. The molecule has 0 heterocycles. The van der Waals surface area contributed by atoms with Crippen molar-refractivity contribution in [2.75, 3.05) is 19.6 Å². The molecule has 106 valence electrons. The molecule has 0 aromatic heterocycles. The monoisotopic (exact) mass is 257 g/mol. The first-order valence-electron chi connectivity index (χ1n) is 6.64. The average molecular weight is 257 g/mol. The lowest BCUT2D eigenvalue weighted by Gasteiger charge is -2.21. The zero-order valence-electron chi connectivity index (χ0n) is 11.8. The van der Waals surface area contributed by atoms with E-state index in [0.717, 1.165) is 12.8 Å². The highest BCUT2D eigenvalue weighted by molar-refractivity contribution is 5.77. The van der Waals surface area contributed by atoms with Crippen molar-refractivity contribution < 1.29 is 9.59 Å².